The molecule has 10 heteroatoms. The fourth-order valence-electron chi connectivity index (χ4n) is 3.15. The molecule has 0 aliphatic carbocycles. The number of carbonyl (C=O) groups is 1. The summed E-state index contributed by atoms with van der Waals surface area (Å²) < 4.78 is 29.6. The van der Waals surface area contributed by atoms with Gasteiger partial charge in [-0.2, -0.15) is 17.8 Å². The number of rotatable bonds is 5. The van der Waals surface area contributed by atoms with Crippen LogP contribution in [-0.2, 0) is 21.4 Å². The standard InChI is InChI=1S/C17H20Cl2N4O3S/c1-11-14(10-17(24)21-27(25,26)22-7-3-4-8-22)12(2)23(20-11)16-6-5-13(18)9-15(16)19/h5-6,9H,3-4,7-8,10H2,1-2H3,(H,21,24). The summed E-state index contributed by atoms with van der Waals surface area (Å²) >= 11 is 12.2. The molecule has 0 saturated carbocycles. The molecular formula is C17H20Cl2N4O3S. The van der Waals surface area contributed by atoms with Crippen LogP contribution >= 0.6 is 23.2 Å². The average molecular weight is 431 g/mol. The zero-order valence-corrected chi connectivity index (χ0v) is 17.3. The van der Waals surface area contributed by atoms with Crippen molar-refractivity contribution in [3.8, 4) is 5.69 Å². The first-order valence-electron chi connectivity index (χ1n) is 8.50. The van der Waals surface area contributed by atoms with E-state index in [1.807, 2.05) is 6.92 Å². The molecule has 0 radical (unpaired) electrons. The Morgan fingerprint density at radius 2 is 1.89 bits per heavy atom. The fraction of sp³-hybridized carbons (Fsp3) is 0.412. The van der Waals surface area contributed by atoms with Crippen LogP contribution in [0.25, 0.3) is 5.69 Å². The molecule has 3 rings (SSSR count). The van der Waals surface area contributed by atoms with Crippen LogP contribution < -0.4 is 4.72 Å². The van der Waals surface area contributed by atoms with Crippen molar-refractivity contribution in [1.29, 1.82) is 0 Å². The number of carbonyl (C=O) groups excluding carboxylic acids is 1. The summed E-state index contributed by atoms with van der Waals surface area (Å²) in [6, 6.07) is 5.06. The first-order valence-corrected chi connectivity index (χ1v) is 10.7. The molecule has 2 aromatic rings. The lowest BCUT2D eigenvalue weighted by Crippen LogP contribution is -2.42. The van der Waals surface area contributed by atoms with E-state index in [1.165, 1.54) is 4.31 Å². The number of halogens is 2. The van der Waals surface area contributed by atoms with Crippen LogP contribution in [0.15, 0.2) is 18.2 Å². The highest BCUT2D eigenvalue weighted by molar-refractivity contribution is 7.87. The van der Waals surface area contributed by atoms with E-state index in [4.69, 9.17) is 23.2 Å². The summed E-state index contributed by atoms with van der Waals surface area (Å²) in [5.74, 6) is -0.588. The molecule has 1 aromatic carbocycles. The van der Waals surface area contributed by atoms with Gasteiger partial charge in [0.05, 0.1) is 22.8 Å². The van der Waals surface area contributed by atoms with Crippen molar-refractivity contribution in [2.75, 3.05) is 13.1 Å². The van der Waals surface area contributed by atoms with Crippen LogP contribution in [0.3, 0.4) is 0 Å². The zero-order chi connectivity index (χ0) is 19.8. The van der Waals surface area contributed by atoms with Gasteiger partial charge in [0.15, 0.2) is 0 Å². The van der Waals surface area contributed by atoms with Gasteiger partial charge in [0, 0.05) is 29.4 Å². The van der Waals surface area contributed by atoms with E-state index >= 15 is 0 Å². The molecule has 1 aromatic heterocycles. The van der Waals surface area contributed by atoms with E-state index < -0.39 is 16.1 Å². The maximum Gasteiger partial charge on any atom is 0.303 e. The quantitative estimate of drug-likeness (QED) is 0.789. The Kier molecular flexibility index (Phi) is 5.81. The summed E-state index contributed by atoms with van der Waals surface area (Å²) in [6.07, 6.45) is 1.53. The minimum absolute atomic E-state index is 0.0874. The third kappa shape index (κ3) is 4.29. The van der Waals surface area contributed by atoms with Gasteiger partial charge in [0.25, 0.3) is 0 Å². The van der Waals surface area contributed by atoms with Gasteiger partial charge in [0.2, 0.25) is 5.91 Å². The van der Waals surface area contributed by atoms with Crippen molar-refractivity contribution in [2.45, 2.75) is 33.1 Å². The minimum atomic E-state index is -3.79. The second-order valence-electron chi connectivity index (χ2n) is 6.47. The second-order valence-corrected chi connectivity index (χ2v) is 8.98. The van der Waals surface area contributed by atoms with Gasteiger partial charge < -0.3 is 0 Å². The highest BCUT2D eigenvalue weighted by Crippen LogP contribution is 2.27. The van der Waals surface area contributed by atoms with Gasteiger partial charge in [-0.3, -0.25) is 4.79 Å². The third-order valence-electron chi connectivity index (χ3n) is 4.56. The van der Waals surface area contributed by atoms with Gasteiger partial charge in [-0.05, 0) is 44.9 Å². The van der Waals surface area contributed by atoms with Crippen molar-refractivity contribution in [2.24, 2.45) is 0 Å². The molecule has 2 heterocycles. The van der Waals surface area contributed by atoms with Crippen LogP contribution in [0, 0.1) is 13.8 Å². The Morgan fingerprint density at radius 3 is 2.52 bits per heavy atom. The van der Waals surface area contributed by atoms with E-state index in [0.717, 1.165) is 12.8 Å². The first-order chi connectivity index (χ1) is 12.7. The second kappa shape index (κ2) is 7.79. The predicted octanol–water partition coefficient (Wildman–Crippen LogP) is 2.80. The summed E-state index contributed by atoms with van der Waals surface area (Å²) in [6.45, 7) is 4.45. The Labute approximate surface area is 168 Å². The highest BCUT2D eigenvalue weighted by Gasteiger charge is 2.27. The Balaban J connectivity index is 1.81. The Bertz CT molecular complexity index is 982. The Morgan fingerprint density at radius 1 is 1.22 bits per heavy atom. The number of benzene rings is 1. The molecule has 7 nitrogen and oxygen atoms in total. The summed E-state index contributed by atoms with van der Waals surface area (Å²) in [5.41, 5.74) is 2.64. The number of hydrogen-bond donors (Lipinski definition) is 1. The largest absolute Gasteiger partial charge is 0.303 e. The monoisotopic (exact) mass is 430 g/mol. The molecule has 1 aliphatic rings. The van der Waals surface area contributed by atoms with E-state index in [-0.39, 0.29) is 6.42 Å². The maximum atomic E-state index is 12.3. The predicted molar refractivity (Wildman–Crippen MR) is 105 cm³/mol. The van der Waals surface area contributed by atoms with E-state index in [9.17, 15) is 13.2 Å². The molecular weight excluding hydrogens is 411 g/mol. The average Bonchev–Trinajstić information content (AvgIpc) is 3.20. The maximum absolute atomic E-state index is 12.3. The van der Waals surface area contributed by atoms with Crippen molar-refractivity contribution >= 4 is 39.3 Å². The normalized spacial score (nSPS) is 15.3. The third-order valence-corrected chi connectivity index (χ3v) is 6.63. The van der Waals surface area contributed by atoms with Crippen molar-refractivity contribution in [3.05, 3.63) is 45.2 Å². The van der Waals surface area contributed by atoms with E-state index in [0.29, 0.717) is 45.8 Å². The lowest BCUT2D eigenvalue weighted by molar-refractivity contribution is -0.118. The molecule has 1 N–H and O–H groups in total. The molecule has 146 valence electrons. The van der Waals surface area contributed by atoms with Gasteiger partial charge >= 0.3 is 10.2 Å². The minimum Gasteiger partial charge on any atom is -0.274 e. The first kappa shape index (κ1) is 20.1. The van der Waals surface area contributed by atoms with Gasteiger partial charge in [-0.1, -0.05) is 23.2 Å². The summed E-state index contributed by atoms with van der Waals surface area (Å²) in [4.78, 5) is 12.3. The zero-order valence-electron chi connectivity index (χ0n) is 15.0. The number of aromatic nitrogens is 2. The van der Waals surface area contributed by atoms with Crippen molar-refractivity contribution < 1.29 is 13.2 Å². The molecule has 1 aliphatic heterocycles. The highest BCUT2D eigenvalue weighted by atomic mass is 35.5. The molecule has 1 amide bonds. The number of nitrogens with zero attached hydrogens (tertiary/aromatic N) is 3. The number of amides is 1. The number of aryl methyl sites for hydroxylation is 1. The van der Waals surface area contributed by atoms with E-state index in [2.05, 4.69) is 9.82 Å². The van der Waals surface area contributed by atoms with Crippen LogP contribution in [0.2, 0.25) is 10.0 Å². The molecule has 0 spiro atoms. The van der Waals surface area contributed by atoms with Crippen molar-refractivity contribution in [3.63, 3.8) is 0 Å². The van der Waals surface area contributed by atoms with Crippen LogP contribution in [0.5, 0.6) is 0 Å². The summed E-state index contributed by atoms with van der Waals surface area (Å²) in [5, 5.41) is 5.39. The molecule has 0 unspecified atom stereocenters. The van der Waals surface area contributed by atoms with Gasteiger partial charge in [-0.25, -0.2) is 9.40 Å². The molecule has 27 heavy (non-hydrogen) atoms. The SMILES string of the molecule is Cc1nn(-c2ccc(Cl)cc2Cl)c(C)c1CC(=O)NS(=O)(=O)N1CCCC1. The topological polar surface area (TPSA) is 84.3 Å². The van der Waals surface area contributed by atoms with Crippen molar-refractivity contribution in [1.82, 2.24) is 18.8 Å². The fourth-order valence-corrected chi connectivity index (χ4v) is 4.87. The van der Waals surface area contributed by atoms with Gasteiger partial charge in [0.1, 0.15) is 0 Å². The summed E-state index contributed by atoms with van der Waals surface area (Å²) in [7, 11) is -3.79. The molecule has 1 fully saturated rings. The number of hydrogen-bond acceptors (Lipinski definition) is 4. The van der Waals surface area contributed by atoms with Gasteiger partial charge in [-0.15, -0.1) is 0 Å². The van der Waals surface area contributed by atoms with E-state index in [1.54, 1.807) is 29.8 Å². The lowest BCUT2D eigenvalue weighted by Gasteiger charge is -2.16. The van der Waals surface area contributed by atoms with Crippen LogP contribution in [-0.4, -0.2) is 41.5 Å². The lowest BCUT2D eigenvalue weighted by atomic mass is 10.1. The van der Waals surface area contributed by atoms with Crippen LogP contribution in [0.1, 0.15) is 29.8 Å². The Hall–Kier alpha value is -1.61. The molecule has 0 atom stereocenters. The van der Waals surface area contributed by atoms with Crippen LogP contribution in [0.4, 0.5) is 0 Å². The number of nitrogens with one attached hydrogen (secondary N) is 1. The smallest absolute Gasteiger partial charge is 0.274 e. The molecule has 0 bridgehead atoms. The molecule has 1 saturated heterocycles.